The molecule has 4 atom stereocenters. The number of rotatable bonds is 5. The fraction of sp³-hybridized carbons (Fsp3) is 1.00. The van der Waals surface area contributed by atoms with Crippen LogP contribution in [0, 0.1) is 5.92 Å². The van der Waals surface area contributed by atoms with E-state index in [-0.39, 0.29) is 0 Å². The van der Waals surface area contributed by atoms with Crippen molar-refractivity contribution in [2.75, 3.05) is 26.7 Å². The van der Waals surface area contributed by atoms with Crippen molar-refractivity contribution in [3.8, 4) is 0 Å². The third-order valence-corrected chi connectivity index (χ3v) is 4.75. The normalized spacial score (nSPS) is 38.2. The van der Waals surface area contributed by atoms with Crippen LogP contribution in [0.3, 0.4) is 0 Å². The van der Waals surface area contributed by atoms with Crippen LogP contribution in [0.5, 0.6) is 0 Å². The lowest BCUT2D eigenvalue weighted by molar-refractivity contribution is 0.00262. The van der Waals surface area contributed by atoms with E-state index in [1.54, 1.807) is 0 Å². The predicted molar refractivity (Wildman–Crippen MR) is 75.9 cm³/mol. The molecule has 2 saturated heterocycles. The Bertz CT molecular complexity index is 247. The van der Waals surface area contributed by atoms with Crippen molar-refractivity contribution in [3.05, 3.63) is 0 Å². The molecule has 0 radical (unpaired) electrons. The Labute approximate surface area is 112 Å². The molecule has 18 heavy (non-hydrogen) atoms. The lowest BCUT2D eigenvalue weighted by atomic mass is 9.91. The molecular formula is C15H30N2O. The van der Waals surface area contributed by atoms with Gasteiger partial charge in [0.1, 0.15) is 0 Å². The van der Waals surface area contributed by atoms with Gasteiger partial charge in [-0.1, -0.05) is 13.3 Å². The number of likely N-dealkylation sites (N-methyl/N-ethyl adjacent to an activating group) is 1. The topological polar surface area (TPSA) is 24.5 Å². The number of hydrogen-bond donors (Lipinski definition) is 1. The first-order valence-electron chi connectivity index (χ1n) is 7.77. The van der Waals surface area contributed by atoms with Crippen LogP contribution in [-0.2, 0) is 4.74 Å². The molecule has 0 aromatic carbocycles. The Morgan fingerprint density at radius 3 is 2.67 bits per heavy atom. The fourth-order valence-electron chi connectivity index (χ4n) is 3.40. The van der Waals surface area contributed by atoms with Gasteiger partial charge in [0.05, 0.1) is 12.2 Å². The monoisotopic (exact) mass is 254 g/mol. The first kappa shape index (κ1) is 14.3. The van der Waals surface area contributed by atoms with E-state index in [2.05, 4.69) is 24.1 Å². The van der Waals surface area contributed by atoms with E-state index in [0.717, 1.165) is 25.0 Å². The standard InChI is InChI=1S/C15H30N2O/c1-4-13-6-5-12(2)17(10-13)11-15-8-7-14(18-15)9-16-3/h12-16H,4-11H2,1-3H3. The zero-order chi connectivity index (χ0) is 13.0. The van der Waals surface area contributed by atoms with E-state index in [1.165, 1.54) is 38.6 Å². The van der Waals surface area contributed by atoms with Gasteiger partial charge in [0, 0.05) is 25.7 Å². The molecule has 4 unspecified atom stereocenters. The Kier molecular flexibility index (Phi) is 5.46. The summed E-state index contributed by atoms with van der Waals surface area (Å²) in [5.74, 6) is 0.913. The van der Waals surface area contributed by atoms with Gasteiger partial charge in [-0.15, -0.1) is 0 Å². The van der Waals surface area contributed by atoms with Crippen LogP contribution in [-0.4, -0.2) is 49.8 Å². The Morgan fingerprint density at radius 2 is 1.94 bits per heavy atom. The maximum absolute atomic E-state index is 6.12. The van der Waals surface area contributed by atoms with Crippen molar-refractivity contribution in [1.29, 1.82) is 0 Å². The summed E-state index contributed by atoms with van der Waals surface area (Å²) in [4.78, 5) is 2.67. The Morgan fingerprint density at radius 1 is 1.17 bits per heavy atom. The van der Waals surface area contributed by atoms with Crippen molar-refractivity contribution in [3.63, 3.8) is 0 Å². The van der Waals surface area contributed by atoms with Gasteiger partial charge in [0.15, 0.2) is 0 Å². The molecule has 2 aliphatic heterocycles. The molecule has 2 rings (SSSR count). The third-order valence-electron chi connectivity index (χ3n) is 4.75. The van der Waals surface area contributed by atoms with Gasteiger partial charge in [-0.25, -0.2) is 0 Å². The van der Waals surface area contributed by atoms with E-state index in [9.17, 15) is 0 Å². The second-order valence-electron chi connectivity index (χ2n) is 6.17. The quantitative estimate of drug-likeness (QED) is 0.814. The zero-order valence-electron chi connectivity index (χ0n) is 12.3. The van der Waals surface area contributed by atoms with E-state index >= 15 is 0 Å². The summed E-state index contributed by atoms with van der Waals surface area (Å²) in [7, 11) is 2.01. The minimum atomic E-state index is 0.446. The minimum absolute atomic E-state index is 0.446. The van der Waals surface area contributed by atoms with E-state index in [1.807, 2.05) is 7.05 Å². The largest absolute Gasteiger partial charge is 0.372 e. The number of likely N-dealkylation sites (tertiary alicyclic amines) is 1. The van der Waals surface area contributed by atoms with Gasteiger partial charge >= 0.3 is 0 Å². The molecule has 0 aromatic heterocycles. The number of piperidine rings is 1. The lowest BCUT2D eigenvalue weighted by Gasteiger charge is -2.39. The summed E-state index contributed by atoms with van der Waals surface area (Å²) in [6.45, 7) is 8.15. The smallest absolute Gasteiger partial charge is 0.0707 e. The molecule has 1 N–H and O–H groups in total. The number of hydrogen-bond acceptors (Lipinski definition) is 3. The lowest BCUT2D eigenvalue weighted by Crippen LogP contribution is -2.45. The van der Waals surface area contributed by atoms with Gasteiger partial charge < -0.3 is 10.1 Å². The van der Waals surface area contributed by atoms with Crippen LogP contribution in [0.15, 0.2) is 0 Å². The van der Waals surface area contributed by atoms with Crippen molar-refractivity contribution in [2.24, 2.45) is 5.92 Å². The molecule has 3 heteroatoms. The highest BCUT2D eigenvalue weighted by atomic mass is 16.5. The first-order valence-corrected chi connectivity index (χ1v) is 7.77. The molecule has 2 aliphatic rings. The molecule has 2 heterocycles. The SMILES string of the molecule is CCC1CCC(C)N(CC2CCC(CNC)O2)C1. The van der Waals surface area contributed by atoms with E-state index in [0.29, 0.717) is 12.2 Å². The molecule has 0 aromatic rings. The van der Waals surface area contributed by atoms with Crippen molar-refractivity contribution < 1.29 is 4.74 Å². The van der Waals surface area contributed by atoms with Gasteiger partial charge in [-0.2, -0.15) is 0 Å². The average Bonchev–Trinajstić information content (AvgIpc) is 2.80. The molecule has 106 valence electrons. The van der Waals surface area contributed by atoms with Crippen molar-refractivity contribution >= 4 is 0 Å². The summed E-state index contributed by atoms with van der Waals surface area (Å²) < 4.78 is 6.12. The van der Waals surface area contributed by atoms with Gasteiger partial charge in [-0.3, -0.25) is 4.90 Å². The number of ether oxygens (including phenoxy) is 1. The average molecular weight is 254 g/mol. The van der Waals surface area contributed by atoms with Crippen LogP contribution >= 0.6 is 0 Å². The molecule has 3 nitrogen and oxygen atoms in total. The van der Waals surface area contributed by atoms with Crippen LogP contribution in [0.4, 0.5) is 0 Å². The Hall–Kier alpha value is -0.120. The second kappa shape index (κ2) is 6.88. The number of nitrogens with zero attached hydrogens (tertiary/aromatic N) is 1. The van der Waals surface area contributed by atoms with Gasteiger partial charge in [0.2, 0.25) is 0 Å². The van der Waals surface area contributed by atoms with Crippen LogP contribution < -0.4 is 5.32 Å². The third kappa shape index (κ3) is 3.69. The summed E-state index contributed by atoms with van der Waals surface area (Å²) in [5.41, 5.74) is 0. The molecule has 0 bridgehead atoms. The van der Waals surface area contributed by atoms with Gasteiger partial charge in [-0.05, 0) is 45.6 Å². The molecule has 0 amide bonds. The minimum Gasteiger partial charge on any atom is -0.372 e. The molecular weight excluding hydrogens is 224 g/mol. The highest BCUT2D eigenvalue weighted by Gasteiger charge is 2.30. The van der Waals surface area contributed by atoms with E-state index in [4.69, 9.17) is 4.74 Å². The van der Waals surface area contributed by atoms with Crippen molar-refractivity contribution in [2.45, 2.75) is 64.2 Å². The van der Waals surface area contributed by atoms with Crippen molar-refractivity contribution in [1.82, 2.24) is 10.2 Å². The van der Waals surface area contributed by atoms with Gasteiger partial charge in [0.25, 0.3) is 0 Å². The molecule has 2 fully saturated rings. The summed E-state index contributed by atoms with van der Waals surface area (Å²) >= 11 is 0. The Balaban J connectivity index is 1.78. The summed E-state index contributed by atoms with van der Waals surface area (Å²) in [6.07, 6.45) is 7.50. The fourth-order valence-corrected chi connectivity index (χ4v) is 3.40. The molecule has 0 saturated carbocycles. The number of nitrogens with one attached hydrogen (secondary N) is 1. The highest BCUT2D eigenvalue weighted by Crippen LogP contribution is 2.27. The van der Waals surface area contributed by atoms with Crippen LogP contribution in [0.2, 0.25) is 0 Å². The maximum atomic E-state index is 6.12. The summed E-state index contributed by atoms with van der Waals surface area (Å²) in [5, 5.41) is 3.22. The predicted octanol–water partition coefficient (Wildman–Crippen LogP) is 2.26. The maximum Gasteiger partial charge on any atom is 0.0707 e. The zero-order valence-corrected chi connectivity index (χ0v) is 12.3. The van der Waals surface area contributed by atoms with Crippen LogP contribution in [0.25, 0.3) is 0 Å². The second-order valence-corrected chi connectivity index (χ2v) is 6.17. The van der Waals surface area contributed by atoms with E-state index < -0.39 is 0 Å². The summed E-state index contributed by atoms with van der Waals surface area (Å²) in [6, 6.07) is 0.750. The highest BCUT2D eigenvalue weighted by molar-refractivity contribution is 4.83. The van der Waals surface area contributed by atoms with Crippen LogP contribution in [0.1, 0.15) is 46.0 Å². The molecule has 0 spiro atoms. The molecule has 0 aliphatic carbocycles. The first-order chi connectivity index (χ1) is 8.72.